The minimum atomic E-state index is 0. The number of hydrogen-bond donors (Lipinski definition) is 0. The molecule has 0 amide bonds. The zero-order valence-corrected chi connectivity index (χ0v) is 16.2. The van der Waals surface area contributed by atoms with Crippen molar-refractivity contribution >= 4 is 43.1 Å². The quantitative estimate of drug-likeness (QED) is 0.240. The first-order valence-electron chi connectivity index (χ1n) is 8.96. The van der Waals surface area contributed by atoms with Gasteiger partial charge in [-0.05, 0) is 0 Å². The molecule has 0 bridgehead atoms. The number of hydrogen-bond acceptors (Lipinski definition) is 0. The van der Waals surface area contributed by atoms with E-state index >= 15 is 0 Å². The fraction of sp³-hybridized carbons (Fsp3) is 0. The van der Waals surface area contributed by atoms with Crippen LogP contribution in [0.1, 0.15) is 0 Å². The molecule has 0 saturated heterocycles. The van der Waals surface area contributed by atoms with E-state index in [4.69, 9.17) is 0 Å². The summed E-state index contributed by atoms with van der Waals surface area (Å²) in [5.74, 6) is 0. The van der Waals surface area contributed by atoms with E-state index in [0.717, 1.165) is 0 Å². The molecule has 0 aliphatic rings. The first kappa shape index (κ1) is 17.6. The molecule has 6 rings (SSSR count). The third-order valence-electron chi connectivity index (χ3n) is 5.05. The van der Waals surface area contributed by atoms with Crippen LogP contribution < -0.4 is 0 Å². The van der Waals surface area contributed by atoms with Crippen molar-refractivity contribution in [2.24, 2.45) is 0 Å². The number of benzene rings is 4. The van der Waals surface area contributed by atoms with Crippen molar-refractivity contribution in [3.05, 3.63) is 109 Å². The van der Waals surface area contributed by atoms with Gasteiger partial charge in [0.2, 0.25) is 0 Å². The molecule has 0 unspecified atom stereocenters. The van der Waals surface area contributed by atoms with Crippen LogP contribution >= 0.6 is 0 Å². The van der Waals surface area contributed by atoms with Crippen molar-refractivity contribution in [3.63, 3.8) is 0 Å². The summed E-state index contributed by atoms with van der Waals surface area (Å²) in [5, 5.41) is 10.8. The van der Waals surface area contributed by atoms with Gasteiger partial charge in [-0.25, -0.2) is 0 Å². The second-order valence-electron chi connectivity index (χ2n) is 6.64. The zero-order valence-electron chi connectivity index (χ0n) is 14.8. The van der Waals surface area contributed by atoms with Gasteiger partial charge in [-0.1, -0.05) is 34.4 Å². The molecule has 0 nitrogen and oxygen atoms in total. The molecule has 1 heteroatoms. The van der Waals surface area contributed by atoms with Crippen molar-refractivity contribution in [3.8, 4) is 0 Å². The average Bonchev–Trinajstić information content (AvgIpc) is 3.27. The molecule has 0 N–H and O–H groups in total. The molecule has 1 radical (unpaired) electrons. The maximum atomic E-state index is 2.24. The molecule has 27 heavy (non-hydrogen) atoms. The minimum absolute atomic E-state index is 0. The Balaban J connectivity index is 0.000000129. The van der Waals surface area contributed by atoms with Crippen LogP contribution in [0.25, 0.3) is 43.1 Å². The van der Waals surface area contributed by atoms with Crippen LogP contribution in [0, 0.1) is 0 Å². The van der Waals surface area contributed by atoms with E-state index in [1.807, 2.05) is 0 Å². The Morgan fingerprint density at radius 2 is 1.19 bits per heavy atom. The van der Waals surface area contributed by atoms with Crippen molar-refractivity contribution in [2.75, 3.05) is 0 Å². The van der Waals surface area contributed by atoms with Crippen LogP contribution in [0.2, 0.25) is 0 Å². The molecule has 0 heterocycles. The van der Waals surface area contributed by atoms with E-state index in [9.17, 15) is 0 Å². The second-order valence-corrected chi connectivity index (χ2v) is 6.64. The maximum Gasteiger partial charge on any atom is 0 e. The Kier molecular flexibility index (Phi) is 4.85. The van der Waals surface area contributed by atoms with E-state index in [1.54, 1.807) is 0 Å². The van der Waals surface area contributed by atoms with Gasteiger partial charge < -0.3 is 57.9 Å². The Bertz CT molecular complexity index is 1130. The summed E-state index contributed by atoms with van der Waals surface area (Å²) in [6.45, 7) is 0. The Labute approximate surface area is 170 Å². The van der Waals surface area contributed by atoms with Crippen molar-refractivity contribution in [1.82, 2.24) is 0 Å². The number of fused-ring (bicyclic) bond motifs is 6. The maximum absolute atomic E-state index is 2.24. The van der Waals surface area contributed by atoms with E-state index in [2.05, 4.69) is 109 Å². The third-order valence-corrected chi connectivity index (χ3v) is 5.05. The predicted molar refractivity (Wildman–Crippen MR) is 114 cm³/mol. The molecular weight excluding hydrogens is 363 g/mol. The first-order valence-corrected chi connectivity index (χ1v) is 8.96. The van der Waals surface area contributed by atoms with Gasteiger partial charge in [0, 0.05) is 18.6 Å². The largest absolute Gasteiger partial charge is 0.535 e. The minimum Gasteiger partial charge on any atom is -0.535 e. The summed E-state index contributed by atoms with van der Waals surface area (Å²) >= 11 is 0. The summed E-state index contributed by atoms with van der Waals surface area (Å²) in [7, 11) is 0. The molecule has 0 atom stereocenters. The normalized spacial score (nSPS) is 10.7. The van der Waals surface area contributed by atoms with Crippen LogP contribution in [0.4, 0.5) is 0 Å². The summed E-state index contributed by atoms with van der Waals surface area (Å²) in [6, 6.07) is 38.5. The van der Waals surface area contributed by atoms with Crippen LogP contribution in [-0.4, -0.2) is 0 Å². The summed E-state index contributed by atoms with van der Waals surface area (Å²) < 4.78 is 0. The third kappa shape index (κ3) is 3.19. The Hall–Kier alpha value is -2.80. The van der Waals surface area contributed by atoms with Crippen molar-refractivity contribution in [2.45, 2.75) is 0 Å². The van der Waals surface area contributed by atoms with Crippen molar-refractivity contribution < 1.29 is 18.6 Å². The fourth-order valence-corrected chi connectivity index (χ4v) is 3.81. The molecule has 6 aromatic carbocycles. The fourth-order valence-electron chi connectivity index (χ4n) is 3.81. The van der Waals surface area contributed by atoms with Crippen LogP contribution in [0.3, 0.4) is 0 Å². The zero-order chi connectivity index (χ0) is 17.3. The van der Waals surface area contributed by atoms with Gasteiger partial charge in [0.1, 0.15) is 0 Å². The molecule has 0 saturated carbocycles. The molecule has 6 aromatic rings. The predicted octanol–water partition coefficient (Wildman–Crippen LogP) is 7.42. The molecule has 0 aliphatic heterocycles. The second kappa shape index (κ2) is 7.44. The summed E-state index contributed by atoms with van der Waals surface area (Å²) in [6.07, 6.45) is 0. The van der Waals surface area contributed by atoms with Gasteiger partial charge in [0.25, 0.3) is 0 Å². The summed E-state index contributed by atoms with van der Waals surface area (Å²) in [5.41, 5.74) is 0. The van der Waals surface area contributed by atoms with Crippen LogP contribution in [0.15, 0.2) is 109 Å². The number of rotatable bonds is 0. The average molecular weight is 381 g/mol. The van der Waals surface area contributed by atoms with Crippen molar-refractivity contribution in [1.29, 1.82) is 0 Å². The molecular formula is C26H18V-6. The smallest absolute Gasteiger partial charge is 0 e. The molecule has 0 spiro atoms. The van der Waals surface area contributed by atoms with E-state index in [0.29, 0.717) is 0 Å². The van der Waals surface area contributed by atoms with Gasteiger partial charge >= 0.3 is 0 Å². The van der Waals surface area contributed by atoms with Crippen LogP contribution in [-0.2, 0) is 18.6 Å². The van der Waals surface area contributed by atoms with Gasteiger partial charge in [0.05, 0.1) is 0 Å². The van der Waals surface area contributed by atoms with Gasteiger partial charge in [-0.2, -0.15) is 12.1 Å². The van der Waals surface area contributed by atoms with Gasteiger partial charge in [-0.15, -0.1) is 47.9 Å². The topological polar surface area (TPSA) is 0 Å². The van der Waals surface area contributed by atoms with E-state index in [1.165, 1.54) is 43.1 Å². The Morgan fingerprint density at radius 3 is 1.93 bits per heavy atom. The standard InChI is InChI=1S/2C13H9.V/c2*1-3-7-12-10(5-1)9-11-6-2-4-8-13(11)12;/h2*1-9H;/q-5;-1;. The molecule has 133 valence electrons. The molecule has 0 fully saturated rings. The van der Waals surface area contributed by atoms with Crippen LogP contribution in [0.5, 0.6) is 0 Å². The SMILES string of the molecule is [V].c1cc[c-]2[c-](c1)[cH-][c-]1cccc[c-]12.c1ccc2c(c1)cc1cccc[c-]12. The monoisotopic (exact) mass is 381 g/mol. The van der Waals surface area contributed by atoms with E-state index < -0.39 is 0 Å². The molecule has 0 aliphatic carbocycles. The summed E-state index contributed by atoms with van der Waals surface area (Å²) in [4.78, 5) is 0. The van der Waals surface area contributed by atoms with Gasteiger partial charge in [-0.3, -0.25) is 0 Å². The Morgan fingerprint density at radius 1 is 0.593 bits per heavy atom. The van der Waals surface area contributed by atoms with Gasteiger partial charge in [0.15, 0.2) is 0 Å². The first-order chi connectivity index (χ1) is 12.9. The van der Waals surface area contributed by atoms with E-state index in [-0.39, 0.29) is 18.6 Å². The molecule has 0 aromatic heterocycles.